The van der Waals surface area contributed by atoms with Crippen molar-refractivity contribution in [2.24, 2.45) is 50.2 Å². The van der Waals surface area contributed by atoms with E-state index in [1.54, 1.807) is 5.57 Å². The van der Waals surface area contributed by atoms with Crippen molar-refractivity contribution in [2.75, 3.05) is 0 Å². The molecule has 2 heteroatoms. The van der Waals surface area contributed by atoms with Gasteiger partial charge in [0, 0.05) is 5.92 Å². The molecule has 0 aromatic heterocycles. The summed E-state index contributed by atoms with van der Waals surface area (Å²) in [4.78, 5) is 0. The topological polar surface area (TPSA) is 40.5 Å². The van der Waals surface area contributed by atoms with Crippen LogP contribution in [0.15, 0.2) is 11.6 Å². The zero-order valence-corrected chi connectivity index (χ0v) is 22.2. The zero-order chi connectivity index (χ0) is 23.5. The Bertz CT molecular complexity index is 825. The molecule has 0 aromatic rings. The van der Waals surface area contributed by atoms with Crippen LogP contribution >= 0.6 is 0 Å². The number of aliphatic hydroxyl groups excluding tert-OH is 2. The van der Waals surface area contributed by atoms with Crippen LogP contribution in [0.5, 0.6) is 0 Å². The van der Waals surface area contributed by atoms with Crippen LogP contribution in [0.1, 0.15) is 113 Å². The number of hydrogen-bond acceptors (Lipinski definition) is 2. The molecule has 182 valence electrons. The summed E-state index contributed by atoms with van der Waals surface area (Å²) in [5, 5.41) is 22.8. The molecule has 5 aliphatic rings. The van der Waals surface area contributed by atoms with Crippen molar-refractivity contribution in [2.45, 2.75) is 125 Å². The number of fused-ring (bicyclic) bond motifs is 7. The van der Waals surface area contributed by atoms with Crippen LogP contribution in [0.25, 0.3) is 0 Å². The minimum atomic E-state index is -0.352. The third-order valence-corrected chi connectivity index (χ3v) is 13.0. The van der Waals surface area contributed by atoms with Gasteiger partial charge in [0.05, 0.1) is 12.2 Å². The van der Waals surface area contributed by atoms with Crippen LogP contribution in [0.4, 0.5) is 0 Å². The van der Waals surface area contributed by atoms with E-state index in [2.05, 4.69) is 61.5 Å². The van der Waals surface area contributed by atoms with E-state index in [1.165, 1.54) is 44.9 Å². The fourth-order valence-electron chi connectivity index (χ4n) is 10.6. The first-order valence-electron chi connectivity index (χ1n) is 13.7. The highest BCUT2D eigenvalue weighted by Gasteiger charge is 2.69. The molecule has 0 saturated heterocycles. The molecule has 9 atom stereocenters. The second-order valence-corrected chi connectivity index (χ2v) is 15.4. The second kappa shape index (κ2) is 6.66. The highest BCUT2D eigenvalue weighted by atomic mass is 16.3. The lowest BCUT2D eigenvalue weighted by molar-refractivity contribution is -0.224. The number of hydrogen-bond donors (Lipinski definition) is 2. The average molecular weight is 443 g/mol. The molecule has 0 radical (unpaired) electrons. The molecule has 4 saturated carbocycles. The lowest BCUT2D eigenvalue weighted by Crippen LogP contribution is -2.67. The van der Waals surface area contributed by atoms with Gasteiger partial charge in [0.1, 0.15) is 0 Å². The van der Waals surface area contributed by atoms with Gasteiger partial charge in [0.15, 0.2) is 0 Å². The molecule has 2 nitrogen and oxygen atoms in total. The Kier molecular flexibility index (Phi) is 4.87. The minimum absolute atomic E-state index is 0.0719. The molecule has 0 amide bonds. The molecular formula is C30H50O2. The number of aliphatic hydroxyl groups is 2. The molecular weight excluding hydrogens is 392 g/mol. The molecule has 0 aliphatic heterocycles. The Morgan fingerprint density at radius 3 is 2.12 bits per heavy atom. The van der Waals surface area contributed by atoms with Gasteiger partial charge < -0.3 is 10.2 Å². The van der Waals surface area contributed by atoms with E-state index in [4.69, 9.17) is 0 Å². The summed E-state index contributed by atoms with van der Waals surface area (Å²) in [6.07, 6.45) is 12.7. The van der Waals surface area contributed by atoms with Crippen molar-refractivity contribution >= 4 is 0 Å². The lowest BCUT2D eigenvalue weighted by Gasteiger charge is -2.72. The van der Waals surface area contributed by atoms with E-state index in [0.29, 0.717) is 22.7 Å². The maximum Gasteiger partial charge on any atom is 0.0762 e. The van der Waals surface area contributed by atoms with Crippen molar-refractivity contribution in [1.82, 2.24) is 0 Å². The molecule has 5 aliphatic carbocycles. The Morgan fingerprint density at radius 1 is 0.781 bits per heavy atom. The van der Waals surface area contributed by atoms with Crippen LogP contribution in [-0.2, 0) is 0 Å². The molecule has 0 spiro atoms. The average Bonchev–Trinajstić information content (AvgIpc) is 2.68. The van der Waals surface area contributed by atoms with Gasteiger partial charge in [-0.25, -0.2) is 0 Å². The van der Waals surface area contributed by atoms with E-state index in [-0.39, 0.29) is 39.8 Å². The van der Waals surface area contributed by atoms with Crippen molar-refractivity contribution in [3.8, 4) is 0 Å². The fraction of sp³-hybridized carbons (Fsp3) is 0.933. The molecule has 4 fully saturated rings. The first-order valence-corrected chi connectivity index (χ1v) is 13.7. The summed E-state index contributed by atoms with van der Waals surface area (Å²) in [7, 11) is 0. The minimum Gasteiger partial charge on any atom is -0.393 e. The van der Waals surface area contributed by atoms with E-state index in [9.17, 15) is 10.2 Å². The Hall–Kier alpha value is -0.340. The predicted octanol–water partition coefficient (Wildman–Crippen LogP) is 7.14. The van der Waals surface area contributed by atoms with Crippen molar-refractivity contribution in [3.05, 3.63) is 11.6 Å². The molecule has 5 rings (SSSR count). The van der Waals surface area contributed by atoms with Gasteiger partial charge in [-0.2, -0.15) is 0 Å². The van der Waals surface area contributed by atoms with Crippen LogP contribution in [-0.4, -0.2) is 22.4 Å². The van der Waals surface area contributed by atoms with Gasteiger partial charge in [-0.05, 0) is 102 Å². The van der Waals surface area contributed by atoms with Gasteiger partial charge in [-0.15, -0.1) is 0 Å². The predicted molar refractivity (Wildman–Crippen MR) is 132 cm³/mol. The lowest BCUT2D eigenvalue weighted by atomic mass is 9.33. The third kappa shape index (κ3) is 2.78. The largest absolute Gasteiger partial charge is 0.393 e. The summed E-state index contributed by atoms with van der Waals surface area (Å²) >= 11 is 0. The van der Waals surface area contributed by atoms with Crippen LogP contribution < -0.4 is 0 Å². The molecule has 0 aromatic carbocycles. The van der Waals surface area contributed by atoms with Gasteiger partial charge in [-0.1, -0.05) is 67.0 Å². The summed E-state index contributed by atoms with van der Waals surface area (Å²) in [5.74, 6) is 1.38. The fourth-order valence-corrected chi connectivity index (χ4v) is 10.6. The first kappa shape index (κ1) is 23.4. The smallest absolute Gasteiger partial charge is 0.0762 e. The molecule has 2 N–H and O–H groups in total. The zero-order valence-electron chi connectivity index (χ0n) is 22.2. The van der Waals surface area contributed by atoms with Crippen LogP contribution in [0.3, 0.4) is 0 Å². The molecule has 0 bridgehead atoms. The number of allylic oxidation sites excluding steroid dienone is 1. The third-order valence-electron chi connectivity index (χ3n) is 13.0. The van der Waals surface area contributed by atoms with Gasteiger partial charge in [0.25, 0.3) is 0 Å². The highest BCUT2D eigenvalue weighted by molar-refractivity contribution is 5.35. The van der Waals surface area contributed by atoms with E-state index in [1.807, 2.05) is 0 Å². The standard InChI is InChI=1S/C30H50O2/c1-25(2)13-14-27(5)15-16-29(7)19(20(27)18-25)17-21(31)24-28(6)11-10-23(32)26(3,4)22(28)9-12-30(24,29)8/h17,20-24,31-32H,9-16,18H2,1-8H3/t20?,21?,22?,23?,24?,27-,28+,29-,30-/m1/s1. The quantitative estimate of drug-likeness (QED) is 0.391. The molecule has 0 heterocycles. The van der Waals surface area contributed by atoms with Crippen molar-refractivity contribution in [1.29, 1.82) is 0 Å². The number of rotatable bonds is 0. The molecule has 5 unspecified atom stereocenters. The summed E-state index contributed by atoms with van der Waals surface area (Å²) in [6, 6.07) is 0. The highest BCUT2D eigenvalue weighted by Crippen LogP contribution is 2.75. The van der Waals surface area contributed by atoms with Gasteiger partial charge >= 0.3 is 0 Å². The monoisotopic (exact) mass is 442 g/mol. The summed E-state index contributed by atoms with van der Waals surface area (Å²) in [6.45, 7) is 19.7. The Labute approximate surface area is 197 Å². The van der Waals surface area contributed by atoms with E-state index in [0.717, 1.165) is 12.8 Å². The van der Waals surface area contributed by atoms with Gasteiger partial charge in [0.2, 0.25) is 0 Å². The summed E-state index contributed by atoms with van der Waals surface area (Å²) in [5.41, 5.74) is 2.76. The maximum absolute atomic E-state index is 11.9. The van der Waals surface area contributed by atoms with Crippen molar-refractivity contribution in [3.63, 3.8) is 0 Å². The van der Waals surface area contributed by atoms with E-state index >= 15 is 0 Å². The summed E-state index contributed by atoms with van der Waals surface area (Å²) < 4.78 is 0. The SMILES string of the molecule is CC1(C)CC[C@]2(C)CC[C@]3(C)C(=CC(O)C4[C@@]5(C)CCC(O)C(C)(C)C5CC[C@]43C)C2C1. The van der Waals surface area contributed by atoms with Gasteiger partial charge in [-0.3, -0.25) is 0 Å². The van der Waals surface area contributed by atoms with Crippen LogP contribution in [0, 0.1) is 50.2 Å². The Morgan fingerprint density at radius 2 is 1.44 bits per heavy atom. The van der Waals surface area contributed by atoms with Crippen molar-refractivity contribution < 1.29 is 10.2 Å². The van der Waals surface area contributed by atoms with Crippen LogP contribution in [0.2, 0.25) is 0 Å². The maximum atomic E-state index is 11.9. The molecule has 32 heavy (non-hydrogen) atoms. The first-order chi connectivity index (χ1) is 14.6. The second-order valence-electron chi connectivity index (χ2n) is 15.4. The Balaban J connectivity index is 1.62. The normalized spacial score (nSPS) is 56.2. The van der Waals surface area contributed by atoms with E-state index < -0.39 is 0 Å².